The molecule has 7 heavy (non-hydrogen) atoms. The van der Waals surface area contributed by atoms with Crippen molar-refractivity contribution in [3.63, 3.8) is 0 Å². The summed E-state index contributed by atoms with van der Waals surface area (Å²) in [4.78, 5) is 0. The van der Waals surface area contributed by atoms with Crippen molar-refractivity contribution in [2.45, 2.75) is 0 Å². The summed E-state index contributed by atoms with van der Waals surface area (Å²) in [5.41, 5.74) is 0. The Morgan fingerprint density at radius 1 is 1.71 bits per heavy atom. The highest BCUT2D eigenvalue weighted by atomic mass is 32.2. The molecule has 0 atom stereocenters. The third-order valence-corrected chi connectivity index (χ3v) is 0.654. The molecule has 0 aromatic rings. The van der Waals surface area contributed by atoms with Crippen LogP contribution in [0.2, 0.25) is 0 Å². The minimum Gasteiger partial charge on any atom is -0.297 e. The normalized spacial score (nSPS) is 10.0. The first-order valence-corrected chi connectivity index (χ1v) is 2.79. The average Bonchev–Trinajstić information content (AvgIpc) is 1.61. The summed E-state index contributed by atoms with van der Waals surface area (Å²) >= 11 is 0. The number of nitrogens with one attached hydrogen (secondary N) is 1. The SMILES string of the molecule is CNCO[SH](=O)=O. The number of hydrogen-bond donors (Lipinski definition) is 2. The van der Waals surface area contributed by atoms with E-state index in [2.05, 4.69) is 9.50 Å². The van der Waals surface area contributed by atoms with Gasteiger partial charge >= 0.3 is 0 Å². The molecular formula is C2H7NO3S. The molecule has 0 heterocycles. The van der Waals surface area contributed by atoms with Gasteiger partial charge in [0.1, 0.15) is 6.73 Å². The van der Waals surface area contributed by atoms with Crippen molar-refractivity contribution >= 4 is 11.0 Å². The average molecular weight is 125 g/mol. The molecule has 0 aliphatic heterocycles. The Bertz CT molecular complexity index is 91.1. The first-order chi connectivity index (χ1) is 3.27. The number of rotatable bonds is 3. The van der Waals surface area contributed by atoms with Gasteiger partial charge in [0.25, 0.3) is 11.0 Å². The number of hydrogen-bond acceptors (Lipinski definition) is 4. The third kappa shape index (κ3) is 5.87. The molecule has 1 N–H and O–H groups in total. The van der Waals surface area contributed by atoms with Gasteiger partial charge in [-0.2, -0.15) is 0 Å². The monoisotopic (exact) mass is 125 g/mol. The Kier molecular flexibility index (Phi) is 3.97. The van der Waals surface area contributed by atoms with E-state index in [9.17, 15) is 8.42 Å². The lowest BCUT2D eigenvalue weighted by atomic mass is 11.2. The van der Waals surface area contributed by atoms with E-state index in [0.29, 0.717) is 0 Å². The first-order valence-electron chi connectivity index (χ1n) is 1.69. The molecule has 0 bridgehead atoms. The lowest BCUT2D eigenvalue weighted by Crippen LogP contribution is -2.10. The van der Waals surface area contributed by atoms with E-state index < -0.39 is 11.0 Å². The van der Waals surface area contributed by atoms with E-state index in [-0.39, 0.29) is 6.73 Å². The standard InChI is InChI=1S/C2H7NO3S/c1-3-2-6-7(4)5/h3,7H,2H2,1H3. The Balaban J connectivity index is 2.98. The van der Waals surface area contributed by atoms with Gasteiger partial charge in [-0.3, -0.25) is 9.50 Å². The van der Waals surface area contributed by atoms with Gasteiger partial charge < -0.3 is 0 Å². The molecule has 4 nitrogen and oxygen atoms in total. The molecule has 0 aliphatic rings. The number of thiol groups is 1. The van der Waals surface area contributed by atoms with Crippen molar-refractivity contribution in [3.05, 3.63) is 0 Å². The first kappa shape index (κ1) is 6.87. The van der Waals surface area contributed by atoms with Gasteiger partial charge in [0.15, 0.2) is 0 Å². The lowest BCUT2D eigenvalue weighted by molar-refractivity contribution is 0.312. The molecule has 0 saturated heterocycles. The van der Waals surface area contributed by atoms with Crippen molar-refractivity contribution in [2.75, 3.05) is 13.8 Å². The Morgan fingerprint density at radius 3 is 2.43 bits per heavy atom. The van der Waals surface area contributed by atoms with Crippen LogP contribution in [-0.4, -0.2) is 22.2 Å². The highest BCUT2D eigenvalue weighted by molar-refractivity contribution is 7.67. The maximum absolute atomic E-state index is 9.53. The zero-order valence-electron chi connectivity index (χ0n) is 3.88. The highest BCUT2D eigenvalue weighted by Gasteiger charge is 1.77. The highest BCUT2D eigenvalue weighted by Crippen LogP contribution is 1.62. The molecular weight excluding hydrogens is 118 g/mol. The van der Waals surface area contributed by atoms with E-state index in [1.54, 1.807) is 7.05 Å². The summed E-state index contributed by atoms with van der Waals surface area (Å²) in [6.45, 7) is 0.0543. The molecule has 0 unspecified atom stereocenters. The van der Waals surface area contributed by atoms with Gasteiger partial charge in [0.2, 0.25) is 0 Å². The minimum absolute atomic E-state index is 0.0543. The molecule has 0 amide bonds. The largest absolute Gasteiger partial charge is 0.297 e. The zero-order valence-corrected chi connectivity index (χ0v) is 4.77. The van der Waals surface area contributed by atoms with Gasteiger partial charge in [-0.25, -0.2) is 8.42 Å². The lowest BCUT2D eigenvalue weighted by Gasteiger charge is -1.88. The molecule has 0 aromatic heterocycles. The van der Waals surface area contributed by atoms with Crippen molar-refractivity contribution in [1.82, 2.24) is 5.32 Å². The summed E-state index contributed by atoms with van der Waals surface area (Å²) in [5.74, 6) is 0. The molecule has 0 aliphatic carbocycles. The molecule has 0 saturated carbocycles. The van der Waals surface area contributed by atoms with E-state index in [0.717, 1.165) is 0 Å². The molecule has 44 valence electrons. The van der Waals surface area contributed by atoms with Crippen molar-refractivity contribution in [1.29, 1.82) is 0 Å². The second-order valence-corrected chi connectivity index (χ2v) is 1.56. The van der Waals surface area contributed by atoms with Crippen LogP contribution in [0.15, 0.2) is 0 Å². The van der Waals surface area contributed by atoms with Crippen molar-refractivity contribution in [2.24, 2.45) is 0 Å². The quantitative estimate of drug-likeness (QED) is 0.364. The molecule has 5 heteroatoms. The Labute approximate surface area is 43.6 Å². The van der Waals surface area contributed by atoms with Crippen LogP contribution in [-0.2, 0) is 15.2 Å². The summed E-state index contributed by atoms with van der Waals surface area (Å²) in [5, 5.41) is 2.49. The van der Waals surface area contributed by atoms with Crippen LogP contribution < -0.4 is 5.32 Å². The van der Waals surface area contributed by atoms with Crippen LogP contribution in [0.4, 0.5) is 0 Å². The van der Waals surface area contributed by atoms with E-state index in [1.807, 2.05) is 0 Å². The van der Waals surface area contributed by atoms with Crippen LogP contribution >= 0.6 is 0 Å². The van der Waals surface area contributed by atoms with Crippen LogP contribution in [0.3, 0.4) is 0 Å². The zero-order chi connectivity index (χ0) is 5.70. The molecule has 0 fully saturated rings. The fourth-order valence-electron chi connectivity index (χ4n) is 0.117. The smallest absolute Gasteiger partial charge is 0.258 e. The molecule has 0 rings (SSSR count). The maximum Gasteiger partial charge on any atom is 0.258 e. The molecule has 0 spiro atoms. The predicted molar refractivity (Wildman–Crippen MR) is 25.3 cm³/mol. The van der Waals surface area contributed by atoms with E-state index >= 15 is 0 Å². The van der Waals surface area contributed by atoms with Crippen LogP contribution in [0.5, 0.6) is 0 Å². The fraction of sp³-hybridized carbons (Fsp3) is 1.00. The van der Waals surface area contributed by atoms with Gasteiger partial charge in [-0.1, -0.05) is 0 Å². The van der Waals surface area contributed by atoms with Gasteiger partial charge in [0.05, 0.1) is 0 Å². The van der Waals surface area contributed by atoms with Gasteiger partial charge in [-0.05, 0) is 7.05 Å². The van der Waals surface area contributed by atoms with Crippen LogP contribution in [0, 0.1) is 0 Å². The van der Waals surface area contributed by atoms with Crippen LogP contribution in [0.25, 0.3) is 0 Å². The van der Waals surface area contributed by atoms with Gasteiger partial charge in [0, 0.05) is 0 Å². The Hall–Kier alpha value is -0.130. The second-order valence-electron chi connectivity index (χ2n) is 0.851. The van der Waals surface area contributed by atoms with E-state index in [1.165, 1.54) is 0 Å². The van der Waals surface area contributed by atoms with Crippen molar-refractivity contribution < 1.29 is 12.6 Å². The maximum atomic E-state index is 9.53. The second kappa shape index (κ2) is 4.04. The summed E-state index contributed by atoms with van der Waals surface area (Å²) < 4.78 is 23.1. The minimum atomic E-state index is -2.67. The summed E-state index contributed by atoms with van der Waals surface area (Å²) in [6, 6.07) is 0. The van der Waals surface area contributed by atoms with Gasteiger partial charge in [-0.15, -0.1) is 0 Å². The van der Waals surface area contributed by atoms with E-state index in [4.69, 9.17) is 0 Å². The topological polar surface area (TPSA) is 55.4 Å². The fourth-order valence-corrected chi connectivity index (χ4v) is 0.352. The van der Waals surface area contributed by atoms with Crippen LogP contribution in [0.1, 0.15) is 0 Å². The Morgan fingerprint density at radius 2 is 2.29 bits per heavy atom. The third-order valence-electron chi connectivity index (χ3n) is 0.314. The van der Waals surface area contributed by atoms with Crippen molar-refractivity contribution in [3.8, 4) is 0 Å². The summed E-state index contributed by atoms with van der Waals surface area (Å²) in [7, 11) is -1.07. The predicted octanol–water partition coefficient (Wildman–Crippen LogP) is -1.29. The summed E-state index contributed by atoms with van der Waals surface area (Å²) in [6.07, 6.45) is 0. The molecule has 0 radical (unpaired) electrons. The molecule has 0 aromatic carbocycles.